The predicted molar refractivity (Wildman–Crippen MR) is 78.4 cm³/mol. The monoisotopic (exact) mass is 263 g/mol. The van der Waals surface area contributed by atoms with Crippen LogP contribution < -0.4 is 5.32 Å². The molecule has 19 heavy (non-hydrogen) atoms. The van der Waals surface area contributed by atoms with E-state index in [1.54, 1.807) is 6.92 Å². The number of aliphatic hydroxyl groups is 1. The maximum Gasteiger partial charge on any atom is 0.251 e. The molecule has 0 radical (unpaired) electrons. The van der Waals surface area contributed by atoms with E-state index >= 15 is 0 Å². The second kappa shape index (κ2) is 6.20. The lowest BCUT2D eigenvalue weighted by Gasteiger charge is -2.19. The minimum atomic E-state index is -0.404. The summed E-state index contributed by atoms with van der Waals surface area (Å²) >= 11 is 0. The van der Waals surface area contributed by atoms with Gasteiger partial charge in [-0.1, -0.05) is 32.9 Å². The summed E-state index contributed by atoms with van der Waals surface area (Å²) in [6, 6.07) is 7.66. The van der Waals surface area contributed by atoms with Gasteiger partial charge in [0.1, 0.15) is 0 Å². The predicted octanol–water partition coefficient (Wildman–Crippen LogP) is 2.87. The zero-order valence-electron chi connectivity index (χ0n) is 12.5. The Morgan fingerprint density at radius 3 is 2.16 bits per heavy atom. The Balaban J connectivity index is 2.68. The standard InChI is InChI=1S/C16H25NO2/c1-11(10-12(2)18)17-15(19)13-6-8-14(9-7-13)16(3,4)5/h6-9,11-12,18H,10H2,1-5H3,(H,17,19). The molecule has 0 spiro atoms. The molecular formula is C16H25NO2. The average Bonchev–Trinajstić information content (AvgIpc) is 2.26. The summed E-state index contributed by atoms with van der Waals surface area (Å²) in [5.74, 6) is -0.0893. The molecule has 1 amide bonds. The molecule has 1 aromatic rings. The molecule has 3 nitrogen and oxygen atoms in total. The van der Waals surface area contributed by atoms with Gasteiger partial charge in [0.2, 0.25) is 0 Å². The van der Waals surface area contributed by atoms with E-state index in [9.17, 15) is 9.90 Å². The Hall–Kier alpha value is -1.35. The lowest BCUT2D eigenvalue weighted by Crippen LogP contribution is -2.34. The fraction of sp³-hybridized carbons (Fsp3) is 0.562. The third-order valence-corrected chi connectivity index (χ3v) is 3.09. The molecule has 1 rings (SSSR count). The van der Waals surface area contributed by atoms with Crippen LogP contribution in [0.3, 0.4) is 0 Å². The second-order valence-corrected chi connectivity index (χ2v) is 6.29. The number of hydrogen-bond donors (Lipinski definition) is 2. The largest absolute Gasteiger partial charge is 0.393 e. The Kier molecular flexibility index (Phi) is 5.12. The van der Waals surface area contributed by atoms with E-state index in [4.69, 9.17) is 0 Å². The molecule has 0 fully saturated rings. The molecule has 0 aliphatic rings. The van der Waals surface area contributed by atoms with Gasteiger partial charge in [-0.25, -0.2) is 0 Å². The number of rotatable bonds is 4. The van der Waals surface area contributed by atoms with Crippen LogP contribution in [0, 0.1) is 0 Å². The summed E-state index contributed by atoms with van der Waals surface area (Å²) in [6.45, 7) is 10.1. The average molecular weight is 263 g/mol. The Morgan fingerprint density at radius 2 is 1.74 bits per heavy atom. The summed E-state index contributed by atoms with van der Waals surface area (Å²) in [7, 11) is 0. The number of benzene rings is 1. The number of carbonyl (C=O) groups is 1. The molecule has 0 aromatic heterocycles. The Bertz CT molecular complexity index is 415. The molecule has 0 aliphatic heterocycles. The number of aliphatic hydroxyl groups excluding tert-OH is 1. The van der Waals surface area contributed by atoms with Crippen LogP contribution in [-0.2, 0) is 5.41 Å². The van der Waals surface area contributed by atoms with E-state index in [0.29, 0.717) is 12.0 Å². The SMILES string of the molecule is CC(O)CC(C)NC(=O)c1ccc(C(C)(C)C)cc1. The smallest absolute Gasteiger partial charge is 0.251 e. The maximum atomic E-state index is 12.0. The number of hydrogen-bond acceptors (Lipinski definition) is 2. The third kappa shape index (κ3) is 5.03. The van der Waals surface area contributed by atoms with Gasteiger partial charge in [0, 0.05) is 11.6 Å². The summed E-state index contributed by atoms with van der Waals surface area (Å²) < 4.78 is 0. The normalized spacial score (nSPS) is 14.8. The summed E-state index contributed by atoms with van der Waals surface area (Å²) in [5, 5.41) is 12.2. The zero-order chi connectivity index (χ0) is 14.6. The van der Waals surface area contributed by atoms with Crippen molar-refractivity contribution in [2.24, 2.45) is 0 Å². The first-order valence-corrected chi connectivity index (χ1v) is 6.79. The van der Waals surface area contributed by atoms with Crippen molar-refractivity contribution in [2.75, 3.05) is 0 Å². The lowest BCUT2D eigenvalue weighted by atomic mass is 9.86. The lowest BCUT2D eigenvalue weighted by molar-refractivity contribution is 0.0923. The Labute approximate surface area is 116 Å². The van der Waals surface area contributed by atoms with E-state index in [1.807, 2.05) is 31.2 Å². The molecule has 2 atom stereocenters. The molecule has 0 bridgehead atoms. The number of carbonyl (C=O) groups excluding carboxylic acids is 1. The van der Waals surface area contributed by atoms with Crippen molar-refractivity contribution in [1.29, 1.82) is 0 Å². The fourth-order valence-electron chi connectivity index (χ4n) is 2.00. The molecule has 1 aromatic carbocycles. The van der Waals surface area contributed by atoms with Crippen LogP contribution in [-0.4, -0.2) is 23.2 Å². The van der Waals surface area contributed by atoms with Crippen molar-refractivity contribution in [2.45, 2.75) is 58.6 Å². The molecule has 0 saturated carbocycles. The molecule has 3 heteroatoms. The van der Waals surface area contributed by atoms with Crippen LogP contribution in [0.4, 0.5) is 0 Å². The van der Waals surface area contributed by atoms with Gasteiger partial charge < -0.3 is 10.4 Å². The van der Waals surface area contributed by atoms with Gasteiger partial charge >= 0.3 is 0 Å². The van der Waals surface area contributed by atoms with E-state index in [2.05, 4.69) is 26.1 Å². The minimum absolute atomic E-state index is 0.0326. The topological polar surface area (TPSA) is 49.3 Å². The van der Waals surface area contributed by atoms with E-state index < -0.39 is 6.10 Å². The van der Waals surface area contributed by atoms with E-state index in [1.165, 1.54) is 5.56 Å². The molecule has 0 saturated heterocycles. The highest BCUT2D eigenvalue weighted by atomic mass is 16.3. The van der Waals surface area contributed by atoms with Gasteiger partial charge in [0.05, 0.1) is 6.10 Å². The van der Waals surface area contributed by atoms with Gasteiger partial charge in [-0.3, -0.25) is 4.79 Å². The van der Waals surface area contributed by atoms with Crippen molar-refractivity contribution >= 4 is 5.91 Å². The first-order chi connectivity index (χ1) is 8.70. The molecule has 0 aliphatic carbocycles. The second-order valence-electron chi connectivity index (χ2n) is 6.29. The number of nitrogens with one attached hydrogen (secondary N) is 1. The van der Waals surface area contributed by atoms with Crippen LogP contribution in [0.1, 0.15) is 57.0 Å². The van der Waals surface area contributed by atoms with Crippen molar-refractivity contribution in [3.8, 4) is 0 Å². The zero-order valence-corrected chi connectivity index (χ0v) is 12.5. The minimum Gasteiger partial charge on any atom is -0.393 e. The molecule has 106 valence electrons. The van der Waals surface area contributed by atoms with Gasteiger partial charge in [-0.05, 0) is 43.4 Å². The van der Waals surface area contributed by atoms with E-state index in [-0.39, 0.29) is 17.4 Å². The van der Waals surface area contributed by atoms with Crippen molar-refractivity contribution in [3.05, 3.63) is 35.4 Å². The Morgan fingerprint density at radius 1 is 1.21 bits per heavy atom. The van der Waals surface area contributed by atoms with Gasteiger partial charge in [0.15, 0.2) is 0 Å². The third-order valence-electron chi connectivity index (χ3n) is 3.09. The van der Waals surface area contributed by atoms with Gasteiger partial charge in [-0.2, -0.15) is 0 Å². The highest BCUT2D eigenvalue weighted by Gasteiger charge is 2.15. The fourth-order valence-corrected chi connectivity index (χ4v) is 2.00. The summed E-state index contributed by atoms with van der Waals surface area (Å²) in [5.41, 5.74) is 1.96. The van der Waals surface area contributed by atoms with Crippen molar-refractivity contribution in [3.63, 3.8) is 0 Å². The highest BCUT2D eigenvalue weighted by Crippen LogP contribution is 2.22. The summed E-state index contributed by atoms with van der Waals surface area (Å²) in [4.78, 5) is 12.0. The number of amides is 1. The molecular weight excluding hydrogens is 238 g/mol. The quantitative estimate of drug-likeness (QED) is 0.877. The van der Waals surface area contributed by atoms with Crippen LogP contribution in [0.2, 0.25) is 0 Å². The maximum absolute atomic E-state index is 12.0. The first-order valence-electron chi connectivity index (χ1n) is 6.79. The first kappa shape index (κ1) is 15.7. The highest BCUT2D eigenvalue weighted by molar-refractivity contribution is 5.94. The van der Waals surface area contributed by atoms with Crippen LogP contribution >= 0.6 is 0 Å². The van der Waals surface area contributed by atoms with E-state index in [0.717, 1.165) is 0 Å². The summed E-state index contributed by atoms with van der Waals surface area (Å²) in [6.07, 6.45) is 0.157. The van der Waals surface area contributed by atoms with Crippen LogP contribution in [0.25, 0.3) is 0 Å². The molecule has 2 unspecified atom stereocenters. The van der Waals surface area contributed by atoms with Crippen molar-refractivity contribution in [1.82, 2.24) is 5.32 Å². The molecule has 2 N–H and O–H groups in total. The molecule has 0 heterocycles. The van der Waals surface area contributed by atoms with Crippen LogP contribution in [0.5, 0.6) is 0 Å². The van der Waals surface area contributed by atoms with Crippen molar-refractivity contribution < 1.29 is 9.90 Å². The van der Waals surface area contributed by atoms with Gasteiger partial charge in [-0.15, -0.1) is 0 Å². The van der Waals surface area contributed by atoms with Crippen LogP contribution in [0.15, 0.2) is 24.3 Å². The van der Waals surface area contributed by atoms with Gasteiger partial charge in [0.25, 0.3) is 5.91 Å².